The summed E-state index contributed by atoms with van der Waals surface area (Å²) < 4.78 is 11.2. The van der Waals surface area contributed by atoms with Crippen LogP contribution in [-0.2, 0) is 0 Å². The number of anilines is 1. The first-order chi connectivity index (χ1) is 11.0. The molecule has 7 heteroatoms. The van der Waals surface area contributed by atoms with Gasteiger partial charge in [-0.05, 0) is 51.8 Å². The van der Waals surface area contributed by atoms with Crippen LogP contribution in [0, 0.1) is 0 Å². The van der Waals surface area contributed by atoms with Crippen molar-refractivity contribution in [3.63, 3.8) is 0 Å². The summed E-state index contributed by atoms with van der Waals surface area (Å²) in [6.45, 7) is 0. The minimum absolute atomic E-state index is 0.340. The Morgan fingerprint density at radius 3 is 2.70 bits per heavy atom. The summed E-state index contributed by atoms with van der Waals surface area (Å²) in [5.74, 6) is 0.812. The summed E-state index contributed by atoms with van der Waals surface area (Å²) in [5.41, 5.74) is 9.79. The second-order valence-electron chi connectivity index (χ2n) is 4.56. The molecule has 6 nitrogen and oxygen atoms in total. The Labute approximate surface area is 142 Å². The highest BCUT2D eigenvalue weighted by Crippen LogP contribution is 2.35. The quantitative estimate of drug-likeness (QED) is 0.476. The van der Waals surface area contributed by atoms with Crippen LogP contribution in [0.15, 0.2) is 46.0 Å². The molecule has 0 radical (unpaired) electrons. The van der Waals surface area contributed by atoms with Gasteiger partial charge in [-0.25, -0.2) is 5.43 Å². The number of carbonyl (C=O) groups is 1. The van der Waals surface area contributed by atoms with E-state index in [4.69, 9.17) is 15.2 Å². The minimum atomic E-state index is -0.340. The van der Waals surface area contributed by atoms with Crippen LogP contribution in [0.5, 0.6) is 11.5 Å². The molecule has 2 aromatic rings. The SMILES string of the molecule is COc1cc(/C=N\NC(=O)c2cccc(N)c2)cc(Br)c1OC. The first kappa shape index (κ1) is 16.8. The van der Waals surface area contributed by atoms with E-state index in [0.717, 1.165) is 10.0 Å². The van der Waals surface area contributed by atoms with Gasteiger partial charge in [-0.3, -0.25) is 4.79 Å². The molecule has 0 atom stereocenters. The number of nitrogens with two attached hydrogens (primary N) is 1. The van der Waals surface area contributed by atoms with Crippen LogP contribution < -0.4 is 20.6 Å². The number of rotatable bonds is 5. The molecule has 2 aromatic carbocycles. The van der Waals surface area contributed by atoms with Gasteiger partial charge in [0.15, 0.2) is 11.5 Å². The second-order valence-corrected chi connectivity index (χ2v) is 5.42. The number of methoxy groups -OCH3 is 2. The molecule has 0 aliphatic rings. The lowest BCUT2D eigenvalue weighted by molar-refractivity contribution is 0.0955. The van der Waals surface area contributed by atoms with Crippen LogP contribution in [0.2, 0.25) is 0 Å². The average Bonchev–Trinajstić information content (AvgIpc) is 2.54. The monoisotopic (exact) mass is 377 g/mol. The third-order valence-corrected chi connectivity index (χ3v) is 3.57. The van der Waals surface area contributed by atoms with E-state index in [1.54, 1.807) is 50.6 Å². The molecule has 0 saturated heterocycles. The van der Waals surface area contributed by atoms with Crippen molar-refractivity contribution < 1.29 is 14.3 Å². The summed E-state index contributed by atoms with van der Waals surface area (Å²) in [5, 5.41) is 3.94. The van der Waals surface area contributed by atoms with Gasteiger partial charge in [0, 0.05) is 11.3 Å². The minimum Gasteiger partial charge on any atom is -0.493 e. The van der Waals surface area contributed by atoms with Crippen molar-refractivity contribution in [2.24, 2.45) is 5.10 Å². The van der Waals surface area contributed by atoms with Gasteiger partial charge in [-0.1, -0.05) is 6.07 Å². The standard InChI is InChI=1S/C16H16BrN3O3/c1-22-14-7-10(6-13(17)15(14)23-2)9-19-20-16(21)11-4-3-5-12(18)8-11/h3-9H,18H2,1-2H3,(H,20,21)/b19-9-. The first-order valence-corrected chi connectivity index (χ1v) is 7.45. The molecule has 0 saturated carbocycles. The molecular formula is C16H16BrN3O3. The van der Waals surface area contributed by atoms with Gasteiger partial charge < -0.3 is 15.2 Å². The van der Waals surface area contributed by atoms with Crippen LogP contribution in [0.25, 0.3) is 0 Å². The maximum absolute atomic E-state index is 11.9. The Kier molecular flexibility index (Phi) is 5.59. The summed E-state index contributed by atoms with van der Waals surface area (Å²) in [6, 6.07) is 10.2. The summed E-state index contributed by atoms with van der Waals surface area (Å²) in [7, 11) is 3.11. The van der Waals surface area contributed by atoms with Gasteiger partial charge in [0.2, 0.25) is 0 Å². The lowest BCUT2D eigenvalue weighted by Gasteiger charge is -2.10. The molecule has 0 spiro atoms. The number of hydrogen-bond acceptors (Lipinski definition) is 5. The molecule has 23 heavy (non-hydrogen) atoms. The van der Waals surface area contributed by atoms with Crippen LogP contribution in [-0.4, -0.2) is 26.3 Å². The van der Waals surface area contributed by atoms with E-state index in [9.17, 15) is 4.79 Å². The van der Waals surface area contributed by atoms with Crippen LogP contribution >= 0.6 is 15.9 Å². The molecule has 2 rings (SSSR count). The van der Waals surface area contributed by atoms with E-state index in [1.165, 1.54) is 6.21 Å². The van der Waals surface area contributed by atoms with E-state index < -0.39 is 0 Å². The van der Waals surface area contributed by atoms with Gasteiger partial charge in [-0.15, -0.1) is 0 Å². The van der Waals surface area contributed by atoms with E-state index in [1.807, 2.05) is 0 Å². The predicted molar refractivity (Wildman–Crippen MR) is 93.2 cm³/mol. The highest BCUT2D eigenvalue weighted by atomic mass is 79.9. The molecule has 0 unspecified atom stereocenters. The summed E-state index contributed by atoms with van der Waals surface area (Å²) in [6.07, 6.45) is 1.51. The lowest BCUT2D eigenvalue weighted by atomic mass is 10.2. The van der Waals surface area contributed by atoms with Crippen molar-refractivity contribution in [2.75, 3.05) is 20.0 Å². The summed E-state index contributed by atoms with van der Waals surface area (Å²) in [4.78, 5) is 11.9. The average molecular weight is 378 g/mol. The first-order valence-electron chi connectivity index (χ1n) is 6.65. The van der Waals surface area contributed by atoms with Crippen LogP contribution in [0.1, 0.15) is 15.9 Å². The Hall–Kier alpha value is -2.54. The number of nitrogens with zero attached hydrogens (tertiary/aromatic N) is 1. The van der Waals surface area contributed by atoms with Crippen molar-refractivity contribution >= 4 is 33.7 Å². The molecular weight excluding hydrogens is 362 g/mol. The molecule has 0 fully saturated rings. The van der Waals surface area contributed by atoms with E-state index in [-0.39, 0.29) is 5.91 Å². The van der Waals surface area contributed by atoms with Gasteiger partial charge in [-0.2, -0.15) is 5.10 Å². The number of hydrogen-bond donors (Lipinski definition) is 2. The number of nitrogens with one attached hydrogen (secondary N) is 1. The number of nitrogen functional groups attached to an aromatic ring is 1. The fourth-order valence-electron chi connectivity index (χ4n) is 1.92. The molecule has 0 heterocycles. The van der Waals surface area contributed by atoms with Crippen LogP contribution in [0.3, 0.4) is 0 Å². The van der Waals surface area contributed by atoms with Gasteiger partial charge in [0.25, 0.3) is 5.91 Å². The fraction of sp³-hybridized carbons (Fsp3) is 0.125. The topological polar surface area (TPSA) is 85.9 Å². The van der Waals surface area contributed by atoms with E-state index in [0.29, 0.717) is 22.7 Å². The maximum atomic E-state index is 11.9. The number of amides is 1. The smallest absolute Gasteiger partial charge is 0.271 e. The highest BCUT2D eigenvalue weighted by Gasteiger charge is 2.09. The third-order valence-electron chi connectivity index (χ3n) is 2.98. The van der Waals surface area contributed by atoms with Gasteiger partial charge >= 0.3 is 0 Å². The lowest BCUT2D eigenvalue weighted by Crippen LogP contribution is -2.17. The third kappa shape index (κ3) is 4.23. The molecule has 0 aromatic heterocycles. The van der Waals surface area contributed by atoms with Crippen molar-refractivity contribution in [3.05, 3.63) is 52.0 Å². The number of ether oxygens (including phenoxy) is 2. The van der Waals surface area contributed by atoms with Gasteiger partial charge in [0.1, 0.15) is 0 Å². The Bertz CT molecular complexity index is 747. The number of hydrazone groups is 1. The number of benzene rings is 2. The fourth-order valence-corrected chi connectivity index (χ4v) is 2.54. The van der Waals surface area contributed by atoms with E-state index >= 15 is 0 Å². The normalized spacial score (nSPS) is 10.6. The van der Waals surface area contributed by atoms with Crippen molar-refractivity contribution in [3.8, 4) is 11.5 Å². The second kappa shape index (κ2) is 7.64. The van der Waals surface area contributed by atoms with Crippen molar-refractivity contribution in [2.45, 2.75) is 0 Å². The van der Waals surface area contributed by atoms with E-state index in [2.05, 4.69) is 26.5 Å². The number of halogens is 1. The molecule has 1 amide bonds. The molecule has 0 bridgehead atoms. The summed E-state index contributed by atoms with van der Waals surface area (Å²) >= 11 is 3.40. The Balaban J connectivity index is 2.11. The molecule has 0 aliphatic carbocycles. The van der Waals surface area contributed by atoms with Gasteiger partial charge in [0.05, 0.1) is 24.9 Å². The zero-order chi connectivity index (χ0) is 16.8. The Morgan fingerprint density at radius 1 is 1.26 bits per heavy atom. The highest BCUT2D eigenvalue weighted by molar-refractivity contribution is 9.10. The van der Waals surface area contributed by atoms with Crippen molar-refractivity contribution in [1.82, 2.24) is 5.43 Å². The maximum Gasteiger partial charge on any atom is 0.271 e. The molecule has 0 aliphatic heterocycles. The van der Waals surface area contributed by atoms with Crippen LogP contribution in [0.4, 0.5) is 5.69 Å². The Morgan fingerprint density at radius 2 is 2.04 bits per heavy atom. The largest absolute Gasteiger partial charge is 0.493 e. The predicted octanol–water partition coefficient (Wildman–Crippen LogP) is 2.81. The van der Waals surface area contributed by atoms with Crippen molar-refractivity contribution in [1.29, 1.82) is 0 Å². The molecule has 120 valence electrons. The zero-order valence-corrected chi connectivity index (χ0v) is 14.3. The zero-order valence-electron chi connectivity index (χ0n) is 12.7. The molecule has 3 N–H and O–H groups in total. The number of carbonyl (C=O) groups excluding carboxylic acids is 1.